The van der Waals surface area contributed by atoms with Gasteiger partial charge in [0, 0.05) is 18.0 Å². The van der Waals surface area contributed by atoms with Crippen LogP contribution >= 0.6 is 11.3 Å². The molecule has 3 unspecified atom stereocenters. The van der Waals surface area contributed by atoms with Gasteiger partial charge in [-0.1, -0.05) is 0 Å². The van der Waals surface area contributed by atoms with Crippen LogP contribution in [0.1, 0.15) is 35.2 Å². The average molecular weight is 195 g/mol. The minimum Gasteiger partial charge on any atom is -0.311 e. The molecular weight excluding hydrogens is 182 g/mol. The highest BCUT2D eigenvalue weighted by molar-refractivity contribution is 7.11. The molecule has 2 aliphatic rings. The second-order valence-corrected chi connectivity index (χ2v) is 5.26. The van der Waals surface area contributed by atoms with E-state index in [2.05, 4.69) is 15.5 Å². The summed E-state index contributed by atoms with van der Waals surface area (Å²) in [5, 5.41) is 14.3. The lowest BCUT2D eigenvalue weighted by molar-refractivity contribution is 0.502. The minimum atomic E-state index is 0.657. The molecule has 1 N–H and O–H groups in total. The van der Waals surface area contributed by atoms with Crippen molar-refractivity contribution in [2.75, 3.05) is 0 Å². The fraction of sp³-hybridized carbons (Fsp3) is 0.778. The third-order valence-corrected chi connectivity index (χ3v) is 4.13. The first-order valence-electron chi connectivity index (χ1n) is 4.89. The van der Waals surface area contributed by atoms with Gasteiger partial charge in [-0.15, -0.1) is 21.5 Å². The summed E-state index contributed by atoms with van der Waals surface area (Å²) >= 11 is 1.76. The maximum absolute atomic E-state index is 4.25. The number of aromatic nitrogens is 2. The number of nitrogens with zero attached hydrogens (tertiary/aromatic N) is 2. The van der Waals surface area contributed by atoms with Gasteiger partial charge in [0.05, 0.1) is 0 Å². The minimum absolute atomic E-state index is 0.657. The van der Waals surface area contributed by atoms with Gasteiger partial charge in [-0.2, -0.15) is 0 Å². The number of nitrogens with one attached hydrogen (secondary N) is 1. The largest absolute Gasteiger partial charge is 0.311 e. The van der Waals surface area contributed by atoms with E-state index in [1.807, 2.05) is 6.92 Å². The second-order valence-electron chi connectivity index (χ2n) is 4.05. The molecule has 2 bridgehead atoms. The van der Waals surface area contributed by atoms with Gasteiger partial charge in [0.15, 0.2) is 0 Å². The van der Waals surface area contributed by atoms with E-state index in [4.69, 9.17) is 0 Å². The molecule has 4 heteroatoms. The Hall–Kier alpha value is -0.480. The first kappa shape index (κ1) is 7.88. The highest BCUT2D eigenvalue weighted by Gasteiger charge is 2.41. The molecule has 0 aromatic carbocycles. The summed E-state index contributed by atoms with van der Waals surface area (Å²) in [7, 11) is 0. The number of hydrogen-bond donors (Lipinski definition) is 1. The molecule has 2 aliphatic heterocycles. The van der Waals surface area contributed by atoms with Crippen LogP contribution in [0.4, 0.5) is 0 Å². The maximum atomic E-state index is 4.25. The van der Waals surface area contributed by atoms with E-state index in [1.165, 1.54) is 24.3 Å². The van der Waals surface area contributed by atoms with E-state index in [1.54, 1.807) is 11.3 Å². The molecule has 13 heavy (non-hydrogen) atoms. The quantitative estimate of drug-likeness (QED) is 0.737. The molecule has 0 spiro atoms. The lowest BCUT2D eigenvalue weighted by Gasteiger charge is -2.16. The van der Waals surface area contributed by atoms with Crippen LogP contribution in [0.15, 0.2) is 0 Å². The van der Waals surface area contributed by atoms with Crippen molar-refractivity contribution in [2.24, 2.45) is 0 Å². The van der Waals surface area contributed by atoms with Gasteiger partial charge in [-0.05, 0) is 26.2 Å². The van der Waals surface area contributed by atoms with Crippen LogP contribution in [0, 0.1) is 6.92 Å². The summed E-state index contributed by atoms with van der Waals surface area (Å²) in [6.45, 7) is 2.03. The van der Waals surface area contributed by atoms with E-state index in [9.17, 15) is 0 Å². The normalized spacial score (nSPS) is 37.2. The standard InChI is InChI=1S/C9H13N3S/c1-5-11-12-9(13-5)7-4-6-2-3-8(7)10-6/h6-8,10H,2-4H2,1H3. The van der Waals surface area contributed by atoms with Crippen LogP contribution < -0.4 is 5.32 Å². The van der Waals surface area contributed by atoms with Gasteiger partial charge in [0.1, 0.15) is 10.0 Å². The van der Waals surface area contributed by atoms with Crippen molar-refractivity contribution >= 4 is 11.3 Å². The zero-order chi connectivity index (χ0) is 8.84. The van der Waals surface area contributed by atoms with E-state index < -0.39 is 0 Å². The predicted molar refractivity (Wildman–Crippen MR) is 51.9 cm³/mol. The zero-order valence-corrected chi connectivity index (χ0v) is 8.47. The smallest absolute Gasteiger partial charge is 0.122 e. The highest BCUT2D eigenvalue weighted by Crippen LogP contribution is 2.40. The molecule has 3 atom stereocenters. The van der Waals surface area contributed by atoms with Crippen LogP contribution in [-0.2, 0) is 0 Å². The van der Waals surface area contributed by atoms with Gasteiger partial charge < -0.3 is 5.32 Å². The fourth-order valence-electron chi connectivity index (χ4n) is 2.56. The Morgan fingerprint density at radius 2 is 2.31 bits per heavy atom. The molecule has 70 valence electrons. The van der Waals surface area contributed by atoms with Gasteiger partial charge in [-0.3, -0.25) is 0 Å². The molecule has 3 rings (SSSR count). The molecular formula is C9H13N3S. The lowest BCUT2D eigenvalue weighted by atomic mass is 9.90. The van der Waals surface area contributed by atoms with Crippen molar-refractivity contribution in [1.82, 2.24) is 15.5 Å². The van der Waals surface area contributed by atoms with Crippen molar-refractivity contribution in [3.8, 4) is 0 Å². The number of rotatable bonds is 1. The summed E-state index contributed by atoms with van der Waals surface area (Å²) in [5.41, 5.74) is 0. The molecule has 3 heterocycles. The van der Waals surface area contributed by atoms with Crippen LogP contribution in [0.5, 0.6) is 0 Å². The first-order chi connectivity index (χ1) is 6.33. The van der Waals surface area contributed by atoms with Crippen LogP contribution in [0.3, 0.4) is 0 Å². The molecule has 0 amide bonds. The van der Waals surface area contributed by atoms with Crippen molar-refractivity contribution < 1.29 is 0 Å². The summed E-state index contributed by atoms with van der Waals surface area (Å²) in [6.07, 6.45) is 3.96. The first-order valence-corrected chi connectivity index (χ1v) is 5.70. The fourth-order valence-corrected chi connectivity index (χ4v) is 3.44. The molecule has 0 aliphatic carbocycles. The lowest BCUT2D eigenvalue weighted by Crippen LogP contribution is -2.21. The van der Waals surface area contributed by atoms with E-state index in [0.717, 1.165) is 11.0 Å². The van der Waals surface area contributed by atoms with Crippen LogP contribution in [0.25, 0.3) is 0 Å². The number of hydrogen-bond acceptors (Lipinski definition) is 4. The van der Waals surface area contributed by atoms with Crippen molar-refractivity contribution in [1.29, 1.82) is 0 Å². The Morgan fingerprint density at radius 3 is 2.85 bits per heavy atom. The van der Waals surface area contributed by atoms with Crippen molar-refractivity contribution in [3.63, 3.8) is 0 Å². The number of fused-ring (bicyclic) bond motifs is 2. The van der Waals surface area contributed by atoms with Crippen molar-refractivity contribution in [3.05, 3.63) is 10.0 Å². The molecule has 0 saturated carbocycles. The monoisotopic (exact) mass is 195 g/mol. The Labute approximate surface area is 81.6 Å². The summed E-state index contributed by atoms with van der Waals surface area (Å²) in [6, 6.07) is 1.46. The van der Waals surface area contributed by atoms with Gasteiger partial charge in [0.2, 0.25) is 0 Å². The Morgan fingerprint density at radius 1 is 1.38 bits per heavy atom. The van der Waals surface area contributed by atoms with E-state index >= 15 is 0 Å². The topological polar surface area (TPSA) is 37.8 Å². The summed E-state index contributed by atoms with van der Waals surface area (Å²) < 4.78 is 0. The van der Waals surface area contributed by atoms with Gasteiger partial charge >= 0.3 is 0 Å². The molecule has 2 fully saturated rings. The zero-order valence-electron chi connectivity index (χ0n) is 7.66. The molecule has 3 nitrogen and oxygen atoms in total. The molecule has 0 radical (unpaired) electrons. The SMILES string of the molecule is Cc1nnc(C2CC3CCC2N3)s1. The third kappa shape index (κ3) is 1.20. The van der Waals surface area contributed by atoms with Crippen LogP contribution in [0.2, 0.25) is 0 Å². The summed E-state index contributed by atoms with van der Waals surface area (Å²) in [4.78, 5) is 0. The molecule has 1 aromatic heterocycles. The maximum Gasteiger partial charge on any atom is 0.122 e. The van der Waals surface area contributed by atoms with Crippen LogP contribution in [-0.4, -0.2) is 22.3 Å². The predicted octanol–water partition coefficient (Wildman–Crippen LogP) is 1.45. The Bertz CT molecular complexity index is 322. The van der Waals surface area contributed by atoms with Crippen molar-refractivity contribution in [2.45, 2.75) is 44.2 Å². The van der Waals surface area contributed by atoms with Gasteiger partial charge in [0.25, 0.3) is 0 Å². The molecule has 2 saturated heterocycles. The van der Waals surface area contributed by atoms with E-state index in [-0.39, 0.29) is 0 Å². The summed E-state index contributed by atoms with van der Waals surface area (Å²) in [5.74, 6) is 0.657. The molecule has 1 aromatic rings. The average Bonchev–Trinajstić information content (AvgIpc) is 2.77. The third-order valence-electron chi connectivity index (χ3n) is 3.16. The van der Waals surface area contributed by atoms with E-state index in [0.29, 0.717) is 12.0 Å². The number of aryl methyl sites for hydroxylation is 1. The second kappa shape index (κ2) is 2.75. The van der Waals surface area contributed by atoms with Gasteiger partial charge in [-0.25, -0.2) is 0 Å². The highest BCUT2D eigenvalue weighted by atomic mass is 32.1. The Kier molecular flexibility index (Phi) is 1.67. The Balaban J connectivity index is 1.87.